The number of hydrogen-bond donors (Lipinski definition) is 2. The van der Waals surface area contributed by atoms with Crippen LogP contribution in [0.3, 0.4) is 0 Å². The van der Waals surface area contributed by atoms with Crippen LogP contribution in [0, 0.1) is 0 Å². The zero-order chi connectivity index (χ0) is 14.4. The summed E-state index contributed by atoms with van der Waals surface area (Å²) in [5, 5.41) is 3.27. The number of imidazole rings is 1. The molecule has 1 aromatic carbocycles. The van der Waals surface area contributed by atoms with Crippen molar-refractivity contribution in [2.45, 2.75) is 24.7 Å². The van der Waals surface area contributed by atoms with Crippen LogP contribution in [-0.2, 0) is 16.3 Å². The fourth-order valence-electron chi connectivity index (χ4n) is 1.87. The minimum atomic E-state index is -3.11. The Morgan fingerprint density at radius 2 is 2.00 bits per heavy atom. The van der Waals surface area contributed by atoms with Gasteiger partial charge in [0.15, 0.2) is 9.84 Å². The van der Waals surface area contributed by atoms with Gasteiger partial charge in [-0.2, -0.15) is 0 Å². The summed E-state index contributed by atoms with van der Waals surface area (Å²) >= 11 is 0. The normalized spacial score (nSPS) is 11.4. The molecule has 0 fully saturated rings. The summed E-state index contributed by atoms with van der Waals surface area (Å²) in [7, 11) is -3.11. The van der Waals surface area contributed by atoms with E-state index in [1.165, 1.54) is 0 Å². The second kappa shape index (κ2) is 6.56. The average Bonchev–Trinajstić information content (AvgIpc) is 2.97. The van der Waals surface area contributed by atoms with E-state index < -0.39 is 9.84 Å². The largest absolute Gasteiger partial charge is 0.385 e. The number of sulfone groups is 1. The first-order valence-electron chi connectivity index (χ1n) is 6.67. The summed E-state index contributed by atoms with van der Waals surface area (Å²) < 4.78 is 23.3. The minimum absolute atomic E-state index is 0.128. The van der Waals surface area contributed by atoms with Crippen molar-refractivity contribution in [1.82, 2.24) is 9.97 Å². The molecule has 0 bridgehead atoms. The number of nitrogens with zero attached hydrogens (tertiary/aromatic N) is 1. The monoisotopic (exact) mass is 293 g/mol. The van der Waals surface area contributed by atoms with Crippen molar-refractivity contribution >= 4 is 15.5 Å². The highest BCUT2D eigenvalue weighted by Gasteiger charge is 2.10. The number of aromatic nitrogens is 2. The van der Waals surface area contributed by atoms with Crippen LogP contribution < -0.4 is 5.32 Å². The van der Waals surface area contributed by atoms with E-state index in [1.807, 2.05) is 6.20 Å². The Hall–Kier alpha value is -1.82. The number of rotatable bonds is 7. The lowest BCUT2D eigenvalue weighted by atomic mass is 10.2. The van der Waals surface area contributed by atoms with Gasteiger partial charge < -0.3 is 10.3 Å². The molecule has 0 aliphatic rings. The third-order valence-corrected chi connectivity index (χ3v) is 4.82. The molecule has 0 saturated carbocycles. The minimum Gasteiger partial charge on any atom is -0.385 e. The number of benzene rings is 1. The molecule has 1 heterocycles. The van der Waals surface area contributed by atoms with Crippen LogP contribution in [0.25, 0.3) is 0 Å². The van der Waals surface area contributed by atoms with Gasteiger partial charge in [-0.3, -0.25) is 0 Å². The molecule has 0 amide bonds. The summed E-state index contributed by atoms with van der Waals surface area (Å²) in [4.78, 5) is 7.60. The Morgan fingerprint density at radius 1 is 1.25 bits per heavy atom. The van der Waals surface area contributed by atoms with Crippen molar-refractivity contribution in [1.29, 1.82) is 0 Å². The van der Waals surface area contributed by atoms with E-state index in [2.05, 4.69) is 15.3 Å². The van der Waals surface area contributed by atoms with Gasteiger partial charge in [0, 0.05) is 31.0 Å². The second-order valence-corrected chi connectivity index (χ2v) is 6.77. The molecule has 5 nitrogen and oxygen atoms in total. The first-order valence-corrected chi connectivity index (χ1v) is 8.32. The molecule has 2 N–H and O–H groups in total. The molecule has 20 heavy (non-hydrogen) atoms. The van der Waals surface area contributed by atoms with Gasteiger partial charge in [0.2, 0.25) is 0 Å². The maximum atomic E-state index is 11.7. The zero-order valence-corrected chi connectivity index (χ0v) is 12.3. The van der Waals surface area contributed by atoms with Crippen LogP contribution in [0.5, 0.6) is 0 Å². The van der Waals surface area contributed by atoms with Gasteiger partial charge in [0.05, 0.1) is 10.6 Å². The fourth-order valence-corrected chi connectivity index (χ4v) is 2.75. The molecule has 0 atom stereocenters. The first-order chi connectivity index (χ1) is 9.62. The number of nitrogens with one attached hydrogen (secondary N) is 2. The topological polar surface area (TPSA) is 74.8 Å². The van der Waals surface area contributed by atoms with Crippen LogP contribution >= 0.6 is 0 Å². The van der Waals surface area contributed by atoms with E-state index >= 15 is 0 Å². The van der Waals surface area contributed by atoms with Crippen molar-refractivity contribution in [3.63, 3.8) is 0 Å². The van der Waals surface area contributed by atoms with E-state index in [4.69, 9.17) is 0 Å². The molecule has 1 aromatic heterocycles. The highest BCUT2D eigenvalue weighted by molar-refractivity contribution is 7.91. The van der Waals surface area contributed by atoms with Gasteiger partial charge >= 0.3 is 0 Å². The van der Waals surface area contributed by atoms with Gasteiger partial charge in [-0.05, 0) is 30.7 Å². The standard InChI is InChI=1S/C14H19N3O2S/c1-2-20(18,19)13-7-5-12(6-8-13)15-9-3-4-14-16-10-11-17-14/h5-8,10-11,15H,2-4,9H2,1H3,(H,16,17). The summed E-state index contributed by atoms with van der Waals surface area (Å²) in [6.45, 7) is 2.47. The molecule has 6 heteroatoms. The highest BCUT2D eigenvalue weighted by atomic mass is 32.2. The number of aryl methyl sites for hydroxylation is 1. The maximum absolute atomic E-state index is 11.7. The Morgan fingerprint density at radius 3 is 2.60 bits per heavy atom. The van der Waals surface area contributed by atoms with Crippen LogP contribution in [0.2, 0.25) is 0 Å². The Kier molecular flexibility index (Phi) is 4.79. The average molecular weight is 293 g/mol. The molecular weight excluding hydrogens is 274 g/mol. The number of aromatic amines is 1. The van der Waals surface area contributed by atoms with Gasteiger partial charge in [-0.15, -0.1) is 0 Å². The Labute approximate surface area is 119 Å². The Balaban J connectivity index is 1.82. The van der Waals surface area contributed by atoms with Crippen LogP contribution in [-0.4, -0.2) is 30.7 Å². The van der Waals surface area contributed by atoms with E-state index in [0.717, 1.165) is 30.9 Å². The molecular formula is C14H19N3O2S. The molecule has 2 aromatic rings. The molecule has 0 unspecified atom stereocenters. The second-order valence-electron chi connectivity index (χ2n) is 4.49. The molecule has 0 aliphatic carbocycles. The lowest BCUT2D eigenvalue weighted by molar-refractivity contribution is 0.597. The predicted octanol–water partition coefficient (Wildman–Crippen LogP) is 2.25. The molecule has 2 rings (SSSR count). The van der Waals surface area contributed by atoms with Gasteiger partial charge in [0.25, 0.3) is 0 Å². The first kappa shape index (κ1) is 14.6. The molecule has 0 radical (unpaired) electrons. The van der Waals surface area contributed by atoms with Crippen LogP contribution in [0.4, 0.5) is 5.69 Å². The lowest BCUT2D eigenvalue weighted by Gasteiger charge is -2.07. The molecule has 108 valence electrons. The third-order valence-electron chi connectivity index (χ3n) is 3.07. The number of anilines is 1. The van der Waals surface area contributed by atoms with Gasteiger partial charge in [-0.25, -0.2) is 13.4 Å². The zero-order valence-electron chi connectivity index (χ0n) is 11.5. The summed E-state index contributed by atoms with van der Waals surface area (Å²) in [5.74, 6) is 1.11. The van der Waals surface area contributed by atoms with Crippen molar-refractivity contribution in [3.05, 3.63) is 42.5 Å². The summed E-state index contributed by atoms with van der Waals surface area (Å²) in [5.41, 5.74) is 0.930. The smallest absolute Gasteiger partial charge is 0.178 e. The van der Waals surface area contributed by atoms with E-state index in [0.29, 0.717) is 4.90 Å². The van der Waals surface area contributed by atoms with Crippen molar-refractivity contribution in [3.8, 4) is 0 Å². The summed E-state index contributed by atoms with van der Waals surface area (Å²) in [6, 6.07) is 6.90. The summed E-state index contributed by atoms with van der Waals surface area (Å²) in [6.07, 6.45) is 5.41. The van der Waals surface area contributed by atoms with E-state index in [1.54, 1.807) is 37.4 Å². The maximum Gasteiger partial charge on any atom is 0.178 e. The lowest BCUT2D eigenvalue weighted by Crippen LogP contribution is -2.05. The highest BCUT2D eigenvalue weighted by Crippen LogP contribution is 2.15. The Bertz CT molecular complexity index is 619. The molecule has 0 spiro atoms. The van der Waals surface area contributed by atoms with Crippen LogP contribution in [0.1, 0.15) is 19.2 Å². The van der Waals surface area contributed by atoms with Gasteiger partial charge in [-0.1, -0.05) is 6.92 Å². The van der Waals surface area contributed by atoms with Crippen molar-refractivity contribution < 1.29 is 8.42 Å². The predicted molar refractivity (Wildman–Crippen MR) is 79.6 cm³/mol. The van der Waals surface area contributed by atoms with E-state index in [-0.39, 0.29) is 5.75 Å². The van der Waals surface area contributed by atoms with Crippen LogP contribution in [0.15, 0.2) is 41.6 Å². The third kappa shape index (κ3) is 3.84. The van der Waals surface area contributed by atoms with Gasteiger partial charge in [0.1, 0.15) is 5.82 Å². The number of H-pyrrole nitrogens is 1. The number of hydrogen-bond acceptors (Lipinski definition) is 4. The quantitative estimate of drug-likeness (QED) is 0.768. The van der Waals surface area contributed by atoms with E-state index in [9.17, 15) is 8.42 Å². The molecule has 0 aliphatic heterocycles. The van der Waals surface area contributed by atoms with Crippen molar-refractivity contribution in [2.24, 2.45) is 0 Å². The molecule has 0 saturated heterocycles. The fraction of sp³-hybridized carbons (Fsp3) is 0.357. The SMILES string of the molecule is CCS(=O)(=O)c1ccc(NCCCc2ncc[nH]2)cc1. The van der Waals surface area contributed by atoms with Crippen molar-refractivity contribution in [2.75, 3.05) is 17.6 Å².